The molecule has 0 aliphatic carbocycles. The molecule has 0 spiro atoms. The Morgan fingerprint density at radius 2 is 1.88 bits per heavy atom. The maximum absolute atomic E-state index is 12.8. The summed E-state index contributed by atoms with van der Waals surface area (Å²) in [5, 5.41) is 2.20. The number of carbonyl (C=O) groups excluding carboxylic acids is 1. The van der Waals surface area contributed by atoms with Crippen LogP contribution in [0, 0.1) is 0 Å². The molecule has 1 aromatic heterocycles. The second-order valence-electron chi connectivity index (χ2n) is 8.62. The van der Waals surface area contributed by atoms with E-state index in [0.29, 0.717) is 19.4 Å². The quantitative estimate of drug-likeness (QED) is 0.595. The number of fused-ring (bicyclic) bond motifs is 5. The Labute approximate surface area is 189 Å². The molecule has 2 aliphatic rings. The fourth-order valence-electron chi connectivity index (χ4n) is 5.11. The predicted molar refractivity (Wildman–Crippen MR) is 119 cm³/mol. The van der Waals surface area contributed by atoms with Crippen LogP contribution in [-0.2, 0) is 4.79 Å². The van der Waals surface area contributed by atoms with Crippen LogP contribution in [-0.4, -0.2) is 34.6 Å². The zero-order valence-electron chi connectivity index (χ0n) is 18.0. The molecular weight excluding hydrogens is 429 g/mol. The van der Waals surface area contributed by atoms with E-state index in [4.69, 9.17) is 0 Å². The molecule has 33 heavy (non-hydrogen) atoms. The Kier molecular flexibility index (Phi) is 5.31. The summed E-state index contributed by atoms with van der Waals surface area (Å²) < 4.78 is 38.5. The van der Waals surface area contributed by atoms with Crippen molar-refractivity contribution in [3.05, 3.63) is 77.7 Å². The second-order valence-corrected chi connectivity index (χ2v) is 8.62. The summed E-state index contributed by atoms with van der Waals surface area (Å²) in [6.45, 7) is 2.71. The van der Waals surface area contributed by atoms with Crippen molar-refractivity contribution in [2.24, 2.45) is 0 Å². The molecule has 8 heteroatoms. The average molecular weight is 452 g/mol. The highest BCUT2D eigenvalue weighted by Crippen LogP contribution is 2.47. The number of alkyl halides is 3. The SMILES string of the molecule is C[C@@H]1c2ccccc2[C@H]2C[C@H](NC(=O)C(F)(F)F)CCN2c2ccc(-c3ccncn3)cc21. The van der Waals surface area contributed by atoms with E-state index in [1.807, 2.05) is 24.3 Å². The van der Waals surface area contributed by atoms with Gasteiger partial charge in [0.1, 0.15) is 6.33 Å². The summed E-state index contributed by atoms with van der Waals surface area (Å²) in [6.07, 6.45) is -0.782. The Bertz CT molecular complexity index is 1180. The maximum Gasteiger partial charge on any atom is 0.471 e. The number of rotatable bonds is 2. The van der Waals surface area contributed by atoms with E-state index in [-0.39, 0.29) is 12.0 Å². The first-order valence-corrected chi connectivity index (χ1v) is 11.0. The van der Waals surface area contributed by atoms with E-state index in [9.17, 15) is 18.0 Å². The number of hydrogen-bond donors (Lipinski definition) is 1. The highest BCUT2D eigenvalue weighted by atomic mass is 19.4. The normalized spacial score (nSPS) is 21.9. The van der Waals surface area contributed by atoms with Crippen molar-refractivity contribution in [3.63, 3.8) is 0 Å². The van der Waals surface area contributed by atoms with Gasteiger partial charge in [0.05, 0.1) is 11.7 Å². The summed E-state index contributed by atoms with van der Waals surface area (Å²) >= 11 is 0. The Morgan fingerprint density at radius 3 is 2.61 bits per heavy atom. The Balaban J connectivity index is 1.55. The minimum atomic E-state index is -4.88. The molecule has 1 fully saturated rings. The lowest BCUT2D eigenvalue weighted by Crippen LogP contribution is -2.49. The van der Waals surface area contributed by atoms with Crippen molar-refractivity contribution in [1.29, 1.82) is 0 Å². The first-order valence-electron chi connectivity index (χ1n) is 11.0. The first-order chi connectivity index (χ1) is 15.8. The number of piperidine rings is 1. The van der Waals surface area contributed by atoms with Crippen molar-refractivity contribution >= 4 is 11.6 Å². The van der Waals surface area contributed by atoms with E-state index in [2.05, 4.69) is 51.4 Å². The van der Waals surface area contributed by atoms with Gasteiger partial charge in [0, 0.05) is 36.0 Å². The number of carbonyl (C=O) groups is 1. The minimum Gasteiger partial charge on any atom is -0.364 e. The van der Waals surface area contributed by atoms with Gasteiger partial charge in [0.25, 0.3) is 0 Å². The van der Waals surface area contributed by atoms with Crippen molar-refractivity contribution in [1.82, 2.24) is 15.3 Å². The number of halogens is 3. The van der Waals surface area contributed by atoms with Crippen LogP contribution < -0.4 is 10.2 Å². The Morgan fingerprint density at radius 1 is 1.09 bits per heavy atom. The lowest BCUT2D eigenvalue weighted by molar-refractivity contribution is -0.174. The summed E-state index contributed by atoms with van der Waals surface area (Å²) in [5.41, 5.74) is 6.29. The van der Waals surface area contributed by atoms with Gasteiger partial charge in [0.2, 0.25) is 0 Å². The molecule has 3 heterocycles. The highest BCUT2D eigenvalue weighted by molar-refractivity contribution is 5.82. The average Bonchev–Trinajstić information content (AvgIpc) is 2.92. The van der Waals surface area contributed by atoms with E-state index in [1.165, 1.54) is 6.33 Å². The molecule has 3 aromatic rings. The smallest absolute Gasteiger partial charge is 0.364 e. The van der Waals surface area contributed by atoms with E-state index >= 15 is 0 Å². The van der Waals surface area contributed by atoms with Gasteiger partial charge in [-0.1, -0.05) is 37.3 Å². The standard InChI is InChI=1S/C25H23F3N4O/c1-15-18-4-2-3-5-19(18)23-13-17(31-24(33)25(26,27)28)9-11-32(23)22-7-6-16(12-20(15)22)21-8-10-29-14-30-21/h2-8,10,12,14-15,17,23H,9,11,13H2,1H3,(H,31,33)/t15-,17-,23-/m1/s1. The van der Waals surface area contributed by atoms with Crippen LogP contribution >= 0.6 is 0 Å². The van der Waals surface area contributed by atoms with Crippen molar-refractivity contribution in [2.75, 3.05) is 11.4 Å². The molecule has 0 unspecified atom stereocenters. The minimum absolute atomic E-state index is 0.0896. The van der Waals surface area contributed by atoms with Crippen LogP contribution in [0.2, 0.25) is 0 Å². The molecule has 0 bridgehead atoms. The number of amides is 1. The van der Waals surface area contributed by atoms with E-state index < -0.39 is 18.1 Å². The number of hydrogen-bond acceptors (Lipinski definition) is 4. The number of nitrogens with one attached hydrogen (secondary N) is 1. The Hall–Kier alpha value is -3.42. The maximum atomic E-state index is 12.8. The molecule has 2 aliphatic heterocycles. The number of benzene rings is 2. The van der Waals surface area contributed by atoms with Gasteiger partial charge in [-0.3, -0.25) is 4.79 Å². The lowest BCUT2D eigenvalue weighted by Gasteiger charge is -2.41. The van der Waals surface area contributed by atoms with Crippen LogP contribution in [0.25, 0.3) is 11.3 Å². The van der Waals surface area contributed by atoms with Gasteiger partial charge in [-0.25, -0.2) is 9.97 Å². The van der Waals surface area contributed by atoms with E-state index in [1.54, 1.807) is 6.20 Å². The summed E-state index contributed by atoms with van der Waals surface area (Å²) in [7, 11) is 0. The number of aromatic nitrogens is 2. The number of nitrogens with zero attached hydrogens (tertiary/aromatic N) is 3. The lowest BCUT2D eigenvalue weighted by atomic mass is 9.86. The zero-order chi connectivity index (χ0) is 23.2. The van der Waals surface area contributed by atoms with Crippen LogP contribution in [0.4, 0.5) is 18.9 Å². The van der Waals surface area contributed by atoms with Crippen LogP contribution in [0.1, 0.15) is 48.4 Å². The largest absolute Gasteiger partial charge is 0.471 e. The molecule has 3 atom stereocenters. The van der Waals surface area contributed by atoms with Gasteiger partial charge >= 0.3 is 12.1 Å². The van der Waals surface area contributed by atoms with Gasteiger partial charge in [-0.05, 0) is 47.7 Å². The molecule has 5 rings (SSSR count). The molecule has 1 N–H and O–H groups in total. The van der Waals surface area contributed by atoms with Crippen LogP contribution in [0.3, 0.4) is 0 Å². The molecule has 2 aromatic carbocycles. The first kappa shape index (κ1) is 21.4. The zero-order valence-corrected chi connectivity index (χ0v) is 18.0. The van der Waals surface area contributed by atoms with Gasteiger partial charge in [0.15, 0.2) is 0 Å². The molecule has 5 nitrogen and oxygen atoms in total. The fourth-order valence-corrected chi connectivity index (χ4v) is 5.11. The van der Waals surface area contributed by atoms with Crippen molar-refractivity contribution < 1.29 is 18.0 Å². The summed E-state index contributed by atoms with van der Waals surface area (Å²) in [5.74, 6) is -1.78. The highest BCUT2D eigenvalue weighted by Gasteiger charge is 2.42. The predicted octanol–water partition coefficient (Wildman–Crippen LogP) is 5.00. The third kappa shape index (κ3) is 3.94. The van der Waals surface area contributed by atoms with E-state index in [0.717, 1.165) is 33.6 Å². The molecule has 1 saturated heterocycles. The summed E-state index contributed by atoms with van der Waals surface area (Å²) in [6, 6.07) is 15.6. The molecule has 170 valence electrons. The van der Waals surface area contributed by atoms with Gasteiger partial charge < -0.3 is 10.2 Å². The fraction of sp³-hybridized carbons (Fsp3) is 0.320. The third-order valence-electron chi connectivity index (χ3n) is 6.70. The third-order valence-corrected chi connectivity index (χ3v) is 6.70. The van der Waals surface area contributed by atoms with Crippen LogP contribution in [0.15, 0.2) is 61.1 Å². The summed E-state index contributed by atoms with van der Waals surface area (Å²) in [4.78, 5) is 22.2. The monoisotopic (exact) mass is 452 g/mol. The van der Waals surface area contributed by atoms with Gasteiger partial charge in [-0.2, -0.15) is 13.2 Å². The van der Waals surface area contributed by atoms with Crippen molar-refractivity contribution in [3.8, 4) is 11.3 Å². The number of anilines is 1. The molecule has 1 amide bonds. The topological polar surface area (TPSA) is 58.1 Å². The van der Waals surface area contributed by atoms with Crippen LogP contribution in [0.5, 0.6) is 0 Å². The molecule has 0 saturated carbocycles. The van der Waals surface area contributed by atoms with Crippen molar-refractivity contribution in [2.45, 2.75) is 43.9 Å². The molecule has 0 radical (unpaired) electrons. The second kappa shape index (κ2) is 8.17. The molecular formula is C25H23F3N4O. The van der Waals surface area contributed by atoms with Gasteiger partial charge in [-0.15, -0.1) is 0 Å².